The van der Waals surface area contributed by atoms with Crippen molar-refractivity contribution in [3.8, 4) is 5.75 Å². The number of hydrogen-bond acceptors (Lipinski definition) is 2. The van der Waals surface area contributed by atoms with Gasteiger partial charge in [0.25, 0.3) is 0 Å². The smallest absolute Gasteiger partial charge is 0.490 e. The Labute approximate surface area is 96.8 Å². The Kier molecular flexibility index (Phi) is 5.50. The highest BCUT2D eigenvalue weighted by molar-refractivity contribution is 5.73. The monoisotopic (exact) mass is 250 g/mol. The van der Waals surface area contributed by atoms with Gasteiger partial charge in [-0.1, -0.05) is 6.07 Å². The van der Waals surface area contributed by atoms with Crippen LogP contribution in [0.25, 0.3) is 0 Å². The molecule has 0 bridgehead atoms. The Morgan fingerprint density at radius 3 is 2.00 bits per heavy atom. The van der Waals surface area contributed by atoms with Crippen LogP contribution in [0.1, 0.15) is 11.1 Å². The Morgan fingerprint density at radius 2 is 1.71 bits per heavy atom. The SMILES string of the molecule is COc1ccc(C)c(C)c1.O=C(O)C(F)(F)F. The van der Waals surface area contributed by atoms with Crippen LogP contribution in [0, 0.1) is 13.8 Å². The molecule has 3 nitrogen and oxygen atoms in total. The fraction of sp³-hybridized carbons (Fsp3) is 0.364. The molecule has 1 N–H and O–H groups in total. The van der Waals surface area contributed by atoms with Gasteiger partial charge in [0.15, 0.2) is 0 Å². The first kappa shape index (κ1) is 15.3. The molecule has 0 saturated heterocycles. The first-order chi connectivity index (χ1) is 7.68. The standard InChI is InChI=1S/C9H12O.C2HF3O2/c1-7-4-5-9(10-3)6-8(7)2;3-2(4,5)1(6)7/h4-6H,1-3H3;(H,6,7). The van der Waals surface area contributed by atoms with Gasteiger partial charge in [-0.25, -0.2) is 4.79 Å². The van der Waals surface area contributed by atoms with Crippen LogP contribution in [0.3, 0.4) is 0 Å². The van der Waals surface area contributed by atoms with Crippen molar-refractivity contribution in [1.82, 2.24) is 0 Å². The van der Waals surface area contributed by atoms with Crippen molar-refractivity contribution in [3.63, 3.8) is 0 Å². The van der Waals surface area contributed by atoms with Crippen LogP contribution in [0.2, 0.25) is 0 Å². The number of benzene rings is 1. The Morgan fingerprint density at radius 1 is 1.24 bits per heavy atom. The molecule has 17 heavy (non-hydrogen) atoms. The van der Waals surface area contributed by atoms with E-state index in [1.165, 1.54) is 11.1 Å². The Bertz CT molecular complexity index is 386. The van der Waals surface area contributed by atoms with Crippen LogP contribution in [0.5, 0.6) is 5.75 Å². The van der Waals surface area contributed by atoms with E-state index in [9.17, 15) is 13.2 Å². The lowest BCUT2D eigenvalue weighted by molar-refractivity contribution is -0.192. The zero-order valence-corrected chi connectivity index (χ0v) is 9.63. The summed E-state index contributed by atoms with van der Waals surface area (Å²) in [5.74, 6) is -1.82. The minimum atomic E-state index is -5.08. The van der Waals surface area contributed by atoms with Crippen LogP contribution < -0.4 is 4.74 Å². The average Bonchev–Trinajstić information content (AvgIpc) is 2.21. The van der Waals surface area contributed by atoms with Crippen molar-refractivity contribution >= 4 is 5.97 Å². The zero-order valence-electron chi connectivity index (χ0n) is 9.63. The molecule has 0 aliphatic heterocycles. The van der Waals surface area contributed by atoms with Gasteiger partial charge in [0.05, 0.1) is 7.11 Å². The number of alkyl halides is 3. The highest BCUT2D eigenvalue weighted by Crippen LogP contribution is 2.15. The second-order valence-corrected chi connectivity index (χ2v) is 3.25. The molecule has 1 aromatic carbocycles. The molecule has 0 unspecified atom stereocenters. The molecule has 0 aliphatic carbocycles. The van der Waals surface area contributed by atoms with Gasteiger partial charge in [-0.3, -0.25) is 0 Å². The average molecular weight is 250 g/mol. The number of ether oxygens (including phenoxy) is 1. The summed E-state index contributed by atoms with van der Waals surface area (Å²) in [6, 6.07) is 6.08. The summed E-state index contributed by atoms with van der Waals surface area (Å²) in [6.45, 7) is 4.17. The number of aryl methyl sites for hydroxylation is 2. The summed E-state index contributed by atoms with van der Waals surface area (Å²) in [6.07, 6.45) is -5.08. The topological polar surface area (TPSA) is 46.5 Å². The van der Waals surface area contributed by atoms with Gasteiger partial charge in [-0.05, 0) is 37.1 Å². The van der Waals surface area contributed by atoms with Crippen LogP contribution in [0.15, 0.2) is 18.2 Å². The van der Waals surface area contributed by atoms with E-state index in [0.717, 1.165) is 5.75 Å². The largest absolute Gasteiger partial charge is 0.497 e. The fourth-order valence-electron chi connectivity index (χ4n) is 0.841. The van der Waals surface area contributed by atoms with Gasteiger partial charge < -0.3 is 9.84 Å². The predicted octanol–water partition coefficient (Wildman–Crippen LogP) is 2.95. The second-order valence-electron chi connectivity index (χ2n) is 3.25. The first-order valence-electron chi connectivity index (χ1n) is 4.60. The van der Waals surface area contributed by atoms with Crippen molar-refractivity contribution in [1.29, 1.82) is 0 Å². The fourth-order valence-corrected chi connectivity index (χ4v) is 0.841. The van der Waals surface area contributed by atoms with Crippen molar-refractivity contribution in [2.45, 2.75) is 20.0 Å². The summed E-state index contributed by atoms with van der Waals surface area (Å²) in [7, 11) is 1.68. The molecule has 0 aliphatic rings. The molecule has 0 atom stereocenters. The second kappa shape index (κ2) is 6.12. The lowest BCUT2D eigenvalue weighted by Crippen LogP contribution is -2.21. The van der Waals surface area contributed by atoms with E-state index in [-0.39, 0.29) is 0 Å². The van der Waals surface area contributed by atoms with Crippen LogP contribution in [-0.4, -0.2) is 24.4 Å². The summed E-state index contributed by atoms with van der Waals surface area (Å²) in [4.78, 5) is 8.90. The van der Waals surface area contributed by atoms with E-state index < -0.39 is 12.1 Å². The van der Waals surface area contributed by atoms with Crippen molar-refractivity contribution in [2.24, 2.45) is 0 Å². The van der Waals surface area contributed by atoms with Gasteiger partial charge in [0.1, 0.15) is 5.75 Å². The van der Waals surface area contributed by atoms with Gasteiger partial charge in [-0.2, -0.15) is 13.2 Å². The molecular formula is C11H13F3O3. The van der Waals surface area contributed by atoms with E-state index >= 15 is 0 Å². The maximum absolute atomic E-state index is 10.6. The lowest BCUT2D eigenvalue weighted by Gasteiger charge is -2.02. The minimum absolute atomic E-state index is 0.933. The molecule has 0 radical (unpaired) electrons. The van der Waals surface area contributed by atoms with E-state index in [1.54, 1.807) is 7.11 Å². The van der Waals surface area contributed by atoms with Crippen molar-refractivity contribution < 1.29 is 27.8 Å². The normalized spacial score (nSPS) is 10.2. The van der Waals surface area contributed by atoms with E-state index in [1.807, 2.05) is 12.1 Å². The summed E-state index contributed by atoms with van der Waals surface area (Å²) >= 11 is 0. The van der Waals surface area contributed by atoms with Crippen LogP contribution in [0.4, 0.5) is 13.2 Å². The van der Waals surface area contributed by atoms with Crippen molar-refractivity contribution in [3.05, 3.63) is 29.3 Å². The van der Waals surface area contributed by atoms with Gasteiger partial charge >= 0.3 is 12.1 Å². The summed E-state index contributed by atoms with van der Waals surface area (Å²) in [5, 5.41) is 7.12. The number of aliphatic carboxylic acids is 1. The number of halogens is 3. The maximum atomic E-state index is 10.6. The molecular weight excluding hydrogens is 237 g/mol. The van der Waals surface area contributed by atoms with E-state index in [0.29, 0.717) is 0 Å². The van der Waals surface area contributed by atoms with E-state index in [2.05, 4.69) is 19.9 Å². The molecule has 0 amide bonds. The number of rotatable bonds is 1. The molecule has 0 aromatic heterocycles. The van der Waals surface area contributed by atoms with Crippen molar-refractivity contribution in [2.75, 3.05) is 7.11 Å². The van der Waals surface area contributed by atoms with Gasteiger partial charge in [0.2, 0.25) is 0 Å². The molecule has 96 valence electrons. The number of carbonyl (C=O) groups is 1. The summed E-state index contributed by atoms with van der Waals surface area (Å²) in [5.41, 5.74) is 2.58. The first-order valence-corrected chi connectivity index (χ1v) is 4.60. The Hall–Kier alpha value is -1.72. The highest BCUT2D eigenvalue weighted by atomic mass is 19.4. The quantitative estimate of drug-likeness (QED) is 0.833. The minimum Gasteiger partial charge on any atom is -0.497 e. The maximum Gasteiger partial charge on any atom is 0.490 e. The number of carboxylic acid groups (broad SMARTS) is 1. The zero-order chi connectivity index (χ0) is 13.6. The lowest BCUT2D eigenvalue weighted by atomic mass is 10.1. The number of methoxy groups -OCH3 is 1. The van der Waals surface area contributed by atoms with Crippen LogP contribution >= 0.6 is 0 Å². The molecule has 1 rings (SSSR count). The molecule has 0 heterocycles. The molecule has 6 heteroatoms. The van der Waals surface area contributed by atoms with E-state index in [4.69, 9.17) is 14.6 Å². The number of hydrogen-bond donors (Lipinski definition) is 1. The summed E-state index contributed by atoms with van der Waals surface area (Å²) < 4.78 is 36.8. The number of carboxylic acids is 1. The molecule has 0 spiro atoms. The molecule has 0 saturated carbocycles. The third-order valence-electron chi connectivity index (χ3n) is 1.96. The third-order valence-corrected chi connectivity index (χ3v) is 1.96. The van der Waals surface area contributed by atoms with Gasteiger partial charge in [-0.15, -0.1) is 0 Å². The highest BCUT2D eigenvalue weighted by Gasteiger charge is 2.38. The third kappa shape index (κ3) is 5.79. The van der Waals surface area contributed by atoms with Crippen LogP contribution in [-0.2, 0) is 4.79 Å². The predicted molar refractivity (Wildman–Crippen MR) is 56.2 cm³/mol. The Balaban J connectivity index is 0.000000325. The molecule has 1 aromatic rings. The molecule has 0 fully saturated rings. The van der Waals surface area contributed by atoms with Gasteiger partial charge in [0, 0.05) is 0 Å².